The molecular formula is C26H28N4OS. The predicted molar refractivity (Wildman–Crippen MR) is 126 cm³/mol. The second-order valence-electron chi connectivity index (χ2n) is 9.21. The van der Waals surface area contributed by atoms with Gasteiger partial charge in [-0.25, -0.2) is 9.67 Å². The van der Waals surface area contributed by atoms with Gasteiger partial charge < -0.3 is 5.11 Å². The molecule has 2 fully saturated rings. The Morgan fingerprint density at radius 2 is 1.84 bits per heavy atom. The Labute approximate surface area is 193 Å². The summed E-state index contributed by atoms with van der Waals surface area (Å²) in [7, 11) is 0. The number of hydrogen-bond acceptors (Lipinski definition) is 5. The average Bonchev–Trinajstić information content (AvgIpc) is 3.56. The van der Waals surface area contributed by atoms with Crippen LogP contribution in [0, 0.1) is 17.2 Å². The van der Waals surface area contributed by atoms with Gasteiger partial charge in [0.05, 0.1) is 11.5 Å². The molecule has 1 N–H and O–H groups in total. The highest BCUT2D eigenvalue weighted by Gasteiger charge is 2.46. The van der Waals surface area contributed by atoms with Gasteiger partial charge in [-0.1, -0.05) is 42.5 Å². The van der Waals surface area contributed by atoms with Crippen LogP contribution in [0.25, 0.3) is 11.4 Å². The largest absolute Gasteiger partial charge is 0.382 e. The van der Waals surface area contributed by atoms with Crippen LogP contribution in [0.4, 0.5) is 0 Å². The molecule has 0 saturated heterocycles. The fraction of sp³-hybridized carbons (Fsp3) is 0.423. The summed E-state index contributed by atoms with van der Waals surface area (Å²) in [6.07, 6.45) is 6.70. The minimum absolute atomic E-state index is 0.503. The lowest BCUT2D eigenvalue weighted by molar-refractivity contribution is -0.0254. The first kappa shape index (κ1) is 21.2. The number of hydrogen-bond donors (Lipinski definition) is 1. The van der Waals surface area contributed by atoms with Crippen molar-refractivity contribution < 1.29 is 5.11 Å². The molecule has 2 aliphatic rings. The molecule has 5 rings (SSSR count). The van der Waals surface area contributed by atoms with Crippen molar-refractivity contribution in [3.8, 4) is 17.5 Å². The molecule has 6 heteroatoms. The number of thioether (sulfide) groups is 1. The van der Waals surface area contributed by atoms with E-state index in [2.05, 4.69) is 24.5 Å². The number of aliphatic hydroxyl groups is 1. The first-order valence-corrected chi connectivity index (χ1v) is 12.6. The molecule has 2 saturated carbocycles. The number of nitrogens with zero attached hydrogens (tertiary/aromatic N) is 4. The third-order valence-electron chi connectivity index (χ3n) is 7.02. The average molecular weight is 445 g/mol. The monoisotopic (exact) mass is 444 g/mol. The molecule has 0 amide bonds. The van der Waals surface area contributed by atoms with Gasteiger partial charge in [0.1, 0.15) is 5.60 Å². The first-order valence-electron chi connectivity index (χ1n) is 11.3. The molecule has 2 aliphatic carbocycles. The fourth-order valence-corrected chi connectivity index (χ4v) is 5.24. The maximum absolute atomic E-state index is 11.8. The highest BCUT2D eigenvalue weighted by Crippen LogP contribution is 2.47. The van der Waals surface area contributed by atoms with E-state index in [0.29, 0.717) is 43.3 Å². The van der Waals surface area contributed by atoms with E-state index in [4.69, 9.17) is 10.1 Å². The molecular weight excluding hydrogens is 416 g/mol. The summed E-state index contributed by atoms with van der Waals surface area (Å²) in [6.45, 7) is 0.801. The molecule has 0 atom stereocenters. The van der Waals surface area contributed by atoms with Gasteiger partial charge in [0.25, 0.3) is 0 Å². The molecule has 3 aromatic rings. The Morgan fingerprint density at radius 3 is 2.50 bits per heavy atom. The van der Waals surface area contributed by atoms with Crippen molar-refractivity contribution in [2.45, 2.75) is 61.0 Å². The predicted octanol–water partition coefficient (Wildman–Crippen LogP) is 5.30. The first-order chi connectivity index (χ1) is 15.5. The van der Waals surface area contributed by atoms with E-state index < -0.39 is 11.0 Å². The van der Waals surface area contributed by atoms with Crippen LogP contribution in [0.1, 0.15) is 49.9 Å². The van der Waals surface area contributed by atoms with Gasteiger partial charge >= 0.3 is 0 Å². The molecule has 164 valence electrons. The van der Waals surface area contributed by atoms with E-state index in [-0.39, 0.29) is 0 Å². The zero-order valence-corrected chi connectivity index (χ0v) is 19.2. The smallest absolute Gasteiger partial charge is 0.181 e. The van der Waals surface area contributed by atoms with Crippen molar-refractivity contribution in [2.75, 3.05) is 6.26 Å². The van der Waals surface area contributed by atoms with Crippen molar-refractivity contribution in [1.82, 2.24) is 14.8 Å². The molecule has 0 bridgehead atoms. The second-order valence-corrected chi connectivity index (χ2v) is 10.1. The van der Waals surface area contributed by atoms with Crippen LogP contribution in [-0.4, -0.2) is 26.1 Å². The van der Waals surface area contributed by atoms with Gasteiger partial charge in [-0.05, 0) is 68.4 Å². The van der Waals surface area contributed by atoms with Crippen LogP contribution in [0.15, 0.2) is 59.5 Å². The zero-order valence-electron chi connectivity index (χ0n) is 18.4. The number of benzene rings is 2. The van der Waals surface area contributed by atoms with Crippen LogP contribution in [0.3, 0.4) is 0 Å². The van der Waals surface area contributed by atoms with E-state index in [0.717, 1.165) is 17.7 Å². The second kappa shape index (κ2) is 8.38. The van der Waals surface area contributed by atoms with E-state index in [1.165, 1.54) is 17.7 Å². The zero-order chi connectivity index (χ0) is 22.2. The maximum Gasteiger partial charge on any atom is 0.181 e. The lowest BCUT2D eigenvalue weighted by Crippen LogP contribution is -2.40. The Kier molecular flexibility index (Phi) is 5.56. The minimum Gasteiger partial charge on any atom is -0.382 e. The van der Waals surface area contributed by atoms with E-state index in [1.54, 1.807) is 11.8 Å². The fourth-order valence-electron chi connectivity index (χ4n) is 4.78. The summed E-state index contributed by atoms with van der Waals surface area (Å²) in [5.74, 6) is 1.95. The third-order valence-corrected chi connectivity index (χ3v) is 7.74. The van der Waals surface area contributed by atoms with Crippen LogP contribution in [-0.2, 0) is 17.6 Å². The topological polar surface area (TPSA) is 74.7 Å². The lowest BCUT2D eigenvalue weighted by Gasteiger charge is -2.40. The summed E-state index contributed by atoms with van der Waals surface area (Å²) in [6, 6.07) is 20.8. The molecule has 0 radical (unpaired) electrons. The highest BCUT2D eigenvalue weighted by molar-refractivity contribution is 7.98. The molecule has 0 unspecified atom stereocenters. The summed E-state index contributed by atoms with van der Waals surface area (Å²) in [5, 5.41) is 26.7. The molecule has 0 aliphatic heterocycles. The summed E-state index contributed by atoms with van der Waals surface area (Å²) >= 11 is 1.69. The van der Waals surface area contributed by atoms with Crippen molar-refractivity contribution in [1.29, 1.82) is 5.26 Å². The van der Waals surface area contributed by atoms with Crippen molar-refractivity contribution in [3.05, 3.63) is 66.0 Å². The Balaban J connectivity index is 1.47. The Bertz CT molecular complexity index is 1140. The van der Waals surface area contributed by atoms with Gasteiger partial charge in [-0.15, -0.1) is 11.8 Å². The van der Waals surface area contributed by atoms with Gasteiger partial charge in [-0.2, -0.15) is 10.4 Å². The minimum atomic E-state index is -1.06. The van der Waals surface area contributed by atoms with Gasteiger partial charge in [0, 0.05) is 17.0 Å². The molecule has 0 spiro atoms. The molecule has 2 aromatic carbocycles. The third kappa shape index (κ3) is 3.96. The number of nitriles is 1. The number of aromatic nitrogens is 3. The molecule has 5 nitrogen and oxygen atoms in total. The van der Waals surface area contributed by atoms with Gasteiger partial charge in [0.15, 0.2) is 11.6 Å². The van der Waals surface area contributed by atoms with E-state index >= 15 is 0 Å². The van der Waals surface area contributed by atoms with Crippen LogP contribution in [0.5, 0.6) is 0 Å². The normalized spacial score (nSPS) is 25.4. The van der Waals surface area contributed by atoms with E-state index in [9.17, 15) is 10.4 Å². The highest BCUT2D eigenvalue weighted by atomic mass is 32.2. The van der Waals surface area contributed by atoms with Crippen LogP contribution < -0.4 is 0 Å². The van der Waals surface area contributed by atoms with Crippen LogP contribution >= 0.6 is 11.8 Å². The number of rotatable bonds is 6. The Morgan fingerprint density at radius 1 is 1.09 bits per heavy atom. The van der Waals surface area contributed by atoms with E-state index in [1.807, 2.05) is 47.1 Å². The van der Waals surface area contributed by atoms with Gasteiger partial charge in [0.2, 0.25) is 0 Å². The molecule has 1 aromatic heterocycles. The SMILES string of the molecule is CSc1cccc(-c2nc([C@]3(O)CC[C@@](C#N)(c4ccccc4)CC3)n(CC3CC3)n2)c1. The van der Waals surface area contributed by atoms with Crippen LogP contribution in [0.2, 0.25) is 0 Å². The summed E-state index contributed by atoms with van der Waals surface area (Å²) < 4.78 is 1.95. The lowest BCUT2D eigenvalue weighted by atomic mass is 9.66. The molecule has 1 heterocycles. The maximum atomic E-state index is 11.8. The van der Waals surface area contributed by atoms with Crippen molar-refractivity contribution >= 4 is 11.8 Å². The summed E-state index contributed by atoms with van der Waals surface area (Å²) in [5.41, 5.74) is 0.401. The van der Waals surface area contributed by atoms with Crippen molar-refractivity contribution in [2.24, 2.45) is 5.92 Å². The Hall–Kier alpha value is -2.62. The quantitative estimate of drug-likeness (QED) is 0.522. The molecule has 32 heavy (non-hydrogen) atoms. The van der Waals surface area contributed by atoms with Crippen molar-refractivity contribution in [3.63, 3.8) is 0 Å². The summed E-state index contributed by atoms with van der Waals surface area (Å²) in [4.78, 5) is 6.06. The standard InChI is InChI=1S/C26H28N4OS/c1-32-22-9-5-6-20(16-22)23-28-24(30(29-23)17-19-10-11-19)26(31)14-12-25(18-27,13-15-26)21-7-3-2-4-8-21/h2-9,16,19,31H,10-15,17H2,1H3/t25-,26+. The van der Waals surface area contributed by atoms with Gasteiger partial charge in [-0.3, -0.25) is 0 Å².